The van der Waals surface area contributed by atoms with Crippen molar-refractivity contribution in [3.63, 3.8) is 0 Å². The number of nitrogens with one attached hydrogen (secondary N) is 1. The van der Waals surface area contributed by atoms with E-state index in [2.05, 4.69) is 69.2 Å². The van der Waals surface area contributed by atoms with Crippen LogP contribution in [-0.2, 0) is 6.42 Å². The summed E-state index contributed by atoms with van der Waals surface area (Å²) in [5.74, 6) is 0.561. The summed E-state index contributed by atoms with van der Waals surface area (Å²) in [5, 5.41) is 24.7. The monoisotopic (exact) mass is 423 g/mol. The molecule has 0 radical (unpaired) electrons. The van der Waals surface area contributed by atoms with Gasteiger partial charge in [0.25, 0.3) is 0 Å². The molecule has 0 aliphatic heterocycles. The van der Waals surface area contributed by atoms with Crippen LogP contribution in [0, 0.1) is 22.7 Å². The van der Waals surface area contributed by atoms with Crippen molar-refractivity contribution < 1.29 is 10.2 Å². The molecule has 2 fully saturated rings. The Morgan fingerprint density at radius 2 is 1.90 bits per heavy atom. The molecule has 1 aromatic carbocycles. The van der Waals surface area contributed by atoms with Gasteiger partial charge in [-0.25, -0.2) is 0 Å². The number of fused-ring (bicyclic) bond motifs is 2. The molecule has 1 aromatic heterocycles. The number of H-pyrrole nitrogens is 1. The predicted octanol–water partition coefficient (Wildman–Crippen LogP) is 6.40. The maximum Gasteiger partial charge on any atom is 0.0657 e. The lowest BCUT2D eigenvalue weighted by Crippen LogP contribution is -2.67. The third kappa shape index (κ3) is 3.58. The molecule has 1 unspecified atom stereocenters. The predicted molar refractivity (Wildman–Crippen MR) is 129 cm³/mol. The fraction of sp³-hybridized carbons (Fsp3) is 0.643. The number of aromatic nitrogens is 1. The van der Waals surface area contributed by atoms with Gasteiger partial charge in [0.2, 0.25) is 0 Å². The molecule has 3 nitrogen and oxygen atoms in total. The Bertz CT molecular complexity index is 953. The van der Waals surface area contributed by atoms with Crippen molar-refractivity contribution in [1.29, 1.82) is 0 Å². The maximum absolute atomic E-state index is 11.8. The second kappa shape index (κ2) is 8.08. The van der Waals surface area contributed by atoms with Gasteiger partial charge in [0.1, 0.15) is 0 Å². The number of para-hydroxylation sites is 1. The van der Waals surface area contributed by atoms with Gasteiger partial charge in [0.05, 0.1) is 11.7 Å². The van der Waals surface area contributed by atoms with E-state index in [9.17, 15) is 10.2 Å². The third-order valence-corrected chi connectivity index (χ3v) is 9.35. The first-order valence-electron chi connectivity index (χ1n) is 12.2. The Balaban J connectivity index is 1.84. The standard InChI is InChI=1S/C28H41NO2/c1-19(2)9-8-14-28-24(17-21-18-29-23-11-7-6-10-22(21)23)27(5,31)16-15-26(28,4)20(3)12-13-25(28)30/h6-7,9-11,18,20,24-25,29-31H,8,12-17H2,1-5H3/t20-,24-,25+,26+,27?,28-/m1/s1. The van der Waals surface area contributed by atoms with Gasteiger partial charge in [-0.15, -0.1) is 0 Å². The Morgan fingerprint density at radius 3 is 2.65 bits per heavy atom. The molecule has 3 N–H and O–H groups in total. The molecular formula is C28H41NO2. The third-order valence-electron chi connectivity index (χ3n) is 9.35. The van der Waals surface area contributed by atoms with Crippen LogP contribution >= 0.6 is 0 Å². The topological polar surface area (TPSA) is 56.2 Å². The highest BCUT2D eigenvalue weighted by Crippen LogP contribution is 2.67. The van der Waals surface area contributed by atoms with Crippen LogP contribution < -0.4 is 0 Å². The fourth-order valence-electron chi connectivity index (χ4n) is 7.32. The van der Waals surface area contributed by atoms with Crippen molar-refractivity contribution in [2.45, 2.75) is 91.3 Å². The number of hydrogen-bond acceptors (Lipinski definition) is 2. The normalized spacial score (nSPS) is 38.1. The first-order valence-corrected chi connectivity index (χ1v) is 12.2. The lowest BCUT2D eigenvalue weighted by atomic mass is 9.39. The molecule has 2 aliphatic carbocycles. The van der Waals surface area contributed by atoms with E-state index in [0.29, 0.717) is 5.92 Å². The largest absolute Gasteiger partial charge is 0.393 e. The minimum Gasteiger partial charge on any atom is -0.393 e. The quantitative estimate of drug-likeness (QED) is 0.487. The van der Waals surface area contributed by atoms with Crippen LogP contribution in [0.4, 0.5) is 0 Å². The maximum atomic E-state index is 11.8. The summed E-state index contributed by atoms with van der Waals surface area (Å²) in [6, 6.07) is 8.44. The summed E-state index contributed by atoms with van der Waals surface area (Å²) >= 11 is 0. The minimum atomic E-state index is -0.791. The first kappa shape index (κ1) is 22.6. The SMILES string of the molecule is CC(C)=CCC[C@]12[C@H](Cc3c[nH]c4ccccc34)C(C)(O)CC[C@@]1(C)[C@H](C)CC[C@@H]2O. The molecule has 0 amide bonds. The van der Waals surface area contributed by atoms with Gasteiger partial charge in [-0.3, -0.25) is 0 Å². The lowest BCUT2D eigenvalue weighted by Gasteiger charge is -2.67. The van der Waals surface area contributed by atoms with Crippen molar-refractivity contribution >= 4 is 10.9 Å². The van der Waals surface area contributed by atoms with E-state index < -0.39 is 5.60 Å². The van der Waals surface area contributed by atoms with Crippen molar-refractivity contribution in [1.82, 2.24) is 4.98 Å². The Morgan fingerprint density at radius 1 is 1.16 bits per heavy atom. The van der Waals surface area contributed by atoms with Gasteiger partial charge in [0.15, 0.2) is 0 Å². The summed E-state index contributed by atoms with van der Waals surface area (Å²) in [6.45, 7) is 11.1. The number of aromatic amines is 1. The zero-order valence-corrected chi connectivity index (χ0v) is 20.0. The van der Waals surface area contributed by atoms with Gasteiger partial charge >= 0.3 is 0 Å². The van der Waals surface area contributed by atoms with Crippen LogP contribution in [-0.4, -0.2) is 26.9 Å². The summed E-state index contributed by atoms with van der Waals surface area (Å²) in [5.41, 5.74) is 2.67. The van der Waals surface area contributed by atoms with E-state index in [1.165, 1.54) is 16.5 Å². The molecule has 0 bridgehead atoms. The number of benzene rings is 1. The van der Waals surface area contributed by atoms with Crippen LogP contribution in [0.2, 0.25) is 0 Å². The summed E-state index contributed by atoms with van der Waals surface area (Å²) in [6.07, 6.45) is 10.5. The van der Waals surface area contributed by atoms with E-state index in [1.54, 1.807) is 0 Å². The highest BCUT2D eigenvalue weighted by atomic mass is 16.3. The van der Waals surface area contributed by atoms with E-state index in [-0.39, 0.29) is 22.9 Å². The molecule has 1 heterocycles. The molecule has 4 rings (SSSR count). The molecule has 0 saturated heterocycles. The van der Waals surface area contributed by atoms with E-state index >= 15 is 0 Å². The van der Waals surface area contributed by atoms with Crippen molar-refractivity contribution in [3.8, 4) is 0 Å². The minimum absolute atomic E-state index is 0.0151. The molecule has 31 heavy (non-hydrogen) atoms. The molecular weight excluding hydrogens is 382 g/mol. The van der Waals surface area contributed by atoms with Gasteiger partial charge in [0, 0.05) is 28.4 Å². The number of allylic oxidation sites excluding steroid dienone is 2. The number of aliphatic hydroxyl groups excluding tert-OH is 1. The zero-order chi connectivity index (χ0) is 22.4. The zero-order valence-electron chi connectivity index (χ0n) is 20.0. The number of hydrogen-bond donors (Lipinski definition) is 3. The van der Waals surface area contributed by atoms with Crippen LogP contribution in [0.1, 0.15) is 78.7 Å². The fourth-order valence-corrected chi connectivity index (χ4v) is 7.32. The van der Waals surface area contributed by atoms with Crippen LogP contribution in [0.5, 0.6) is 0 Å². The van der Waals surface area contributed by atoms with Crippen molar-refractivity contribution in [3.05, 3.63) is 47.7 Å². The van der Waals surface area contributed by atoms with Crippen LogP contribution in [0.25, 0.3) is 10.9 Å². The molecule has 2 saturated carbocycles. The molecule has 170 valence electrons. The van der Waals surface area contributed by atoms with Crippen molar-refractivity contribution in [2.75, 3.05) is 0 Å². The average molecular weight is 424 g/mol. The number of aliphatic hydroxyl groups is 2. The molecule has 6 atom stereocenters. The van der Waals surface area contributed by atoms with Crippen molar-refractivity contribution in [2.24, 2.45) is 22.7 Å². The Hall–Kier alpha value is -1.58. The lowest BCUT2D eigenvalue weighted by molar-refractivity contribution is -0.246. The van der Waals surface area contributed by atoms with Crippen LogP contribution in [0.3, 0.4) is 0 Å². The van der Waals surface area contributed by atoms with Gasteiger partial charge in [-0.2, -0.15) is 0 Å². The highest BCUT2D eigenvalue weighted by molar-refractivity contribution is 5.83. The first-order chi connectivity index (χ1) is 14.6. The number of rotatable bonds is 5. The smallest absolute Gasteiger partial charge is 0.0657 e. The summed E-state index contributed by atoms with van der Waals surface area (Å²) in [7, 11) is 0. The second-order valence-electron chi connectivity index (χ2n) is 11.2. The van der Waals surface area contributed by atoms with Crippen LogP contribution in [0.15, 0.2) is 42.1 Å². The second-order valence-corrected chi connectivity index (χ2v) is 11.2. The molecule has 3 heteroatoms. The molecule has 2 aromatic rings. The molecule has 2 aliphatic rings. The Labute approximate surface area is 188 Å². The van der Waals surface area contributed by atoms with Gasteiger partial charge in [-0.1, -0.05) is 43.7 Å². The van der Waals surface area contributed by atoms with E-state index in [1.807, 2.05) is 6.92 Å². The highest BCUT2D eigenvalue weighted by Gasteiger charge is 2.66. The van der Waals surface area contributed by atoms with Gasteiger partial charge in [-0.05, 0) is 88.7 Å². The van der Waals surface area contributed by atoms with Gasteiger partial charge < -0.3 is 15.2 Å². The van der Waals surface area contributed by atoms with E-state index in [0.717, 1.165) is 50.5 Å². The average Bonchev–Trinajstić information content (AvgIpc) is 3.13. The summed E-state index contributed by atoms with van der Waals surface area (Å²) < 4.78 is 0. The Kier molecular flexibility index (Phi) is 5.89. The molecule has 0 spiro atoms. The summed E-state index contributed by atoms with van der Waals surface area (Å²) in [4.78, 5) is 3.42. The van der Waals surface area contributed by atoms with E-state index in [4.69, 9.17) is 0 Å².